The molecule has 0 spiro atoms. The van der Waals surface area contributed by atoms with Gasteiger partial charge in [0.25, 0.3) is 10.0 Å². The number of rotatable bonds is 5. The van der Waals surface area contributed by atoms with Gasteiger partial charge in [0.05, 0.1) is 23.2 Å². The number of hydrogen-bond acceptors (Lipinski definition) is 6. The highest BCUT2D eigenvalue weighted by Gasteiger charge is 2.52. The quantitative estimate of drug-likeness (QED) is 0.445. The monoisotopic (exact) mass is 367 g/mol. The Kier molecular flexibility index (Phi) is 4.80. The van der Waals surface area contributed by atoms with E-state index >= 15 is 0 Å². The molecule has 0 aliphatic carbocycles. The van der Waals surface area contributed by atoms with Gasteiger partial charge in [-0.05, 0) is 39.8 Å². The number of aromatic nitrogens is 1. The molecule has 0 N–H and O–H groups in total. The van der Waals surface area contributed by atoms with Gasteiger partial charge in [0.2, 0.25) is 0 Å². The number of nitrogens with zero attached hydrogens (tertiary/aromatic N) is 1. The van der Waals surface area contributed by atoms with Gasteiger partial charge in [-0.25, -0.2) is 17.2 Å². The molecule has 1 aromatic heterocycles. The van der Waals surface area contributed by atoms with E-state index in [1.54, 1.807) is 0 Å². The number of allylic oxidation sites excluding steroid dienone is 1. The van der Waals surface area contributed by atoms with E-state index in [2.05, 4.69) is 17.9 Å². The minimum atomic E-state index is -4.05. The zero-order valence-electron chi connectivity index (χ0n) is 15.0. The molecule has 2 rings (SSSR count). The van der Waals surface area contributed by atoms with Crippen LogP contribution in [0.5, 0.6) is 0 Å². The van der Waals surface area contributed by atoms with E-state index in [4.69, 9.17) is 9.31 Å². The summed E-state index contributed by atoms with van der Waals surface area (Å²) in [6.45, 7) is 14.4. The molecule has 9 heteroatoms. The van der Waals surface area contributed by atoms with Crippen LogP contribution in [-0.2, 0) is 24.1 Å². The zero-order valence-corrected chi connectivity index (χ0v) is 15.8. The SMILES string of the molecule is C=CC(=C)S(=O)(=O)n1cc(B2OC(C)(C)C(C)(C)O2)cc1C(=O)OC. The van der Waals surface area contributed by atoms with Crippen molar-refractivity contribution >= 4 is 28.6 Å². The molecule has 0 unspecified atom stereocenters. The van der Waals surface area contributed by atoms with Crippen LogP contribution in [0.2, 0.25) is 0 Å². The summed E-state index contributed by atoms with van der Waals surface area (Å²) >= 11 is 0. The lowest BCUT2D eigenvalue weighted by atomic mass is 9.81. The Bertz CT molecular complexity index is 821. The van der Waals surface area contributed by atoms with Crippen molar-refractivity contribution in [3.8, 4) is 0 Å². The highest BCUT2D eigenvalue weighted by molar-refractivity contribution is 7.94. The molecule has 0 bridgehead atoms. The maximum atomic E-state index is 12.6. The number of esters is 1. The first-order chi connectivity index (χ1) is 11.4. The van der Waals surface area contributed by atoms with Crippen LogP contribution in [0.4, 0.5) is 0 Å². The lowest BCUT2D eigenvalue weighted by molar-refractivity contribution is 0.00578. The molecule has 25 heavy (non-hydrogen) atoms. The molecule has 1 aliphatic heterocycles. The molecule has 0 amide bonds. The van der Waals surface area contributed by atoms with Gasteiger partial charge in [0.15, 0.2) is 0 Å². The molecule has 0 saturated carbocycles. The maximum Gasteiger partial charge on any atom is 0.496 e. The molecule has 2 heterocycles. The fourth-order valence-corrected chi connectivity index (χ4v) is 3.37. The highest BCUT2D eigenvalue weighted by Crippen LogP contribution is 2.36. The number of methoxy groups -OCH3 is 1. The number of hydrogen-bond donors (Lipinski definition) is 0. The van der Waals surface area contributed by atoms with Gasteiger partial charge in [-0.2, -0.15) is 0 Å². The predicted octanol–water partition coefficient (Wildman–Crippen LogP) is 1.45. The van der Waals surface area contributed by atoms with Crippen LogP contribution in [0.25, 0.3) is 0 Å². The van der Waals surface area contributed by atoms with Crippen molar-refractivity contribution in [1.82, 2.24) is 3.97 Å². The Morgan fingerprint density at radius 2 is 1.80 bits per heavy atom. The lowest BCUT2D eigenvalue weighted by Gasteiger charge is -2.32. The summed E-state index contributed by atoms with van der Waals surface area (Å²) in [6.07, 6.45) is 2.38. The Morgan fingerprint density at radius 1 is 1.28 bits per heavy atom. The molecule has 0 radical (unpaired) electrons. The van der Waals surface area contributed by atoms with E-state index in [0.29, 0.717) is 5.46 Å². The Balaban J connectivity index is 2.56. The lowest BCUT2D eigenvalue weighted by Crippen LogP contribution is -2.41. The van der Waals surface area contributed by atoms with Crippen molar-refractivity contribution in [3.63, 3.8) is 0 Å². The second-order valence-electron chi connectivity index (χ2n) is 6.71. The Morgan fingerprint density at radius 3 is 2.24 bits per heavy atom. The fraction of sp³-hybridized carbons (Fsp3) is 0.438. The average molecular weight is 367 g/mol. The molecule has 1 fully saturated rings. The first-order valence-electron chi connectivity index (χ1n) is 7.60. The van der Waals surface area contributed by atoms with Crippen LogP contribution < -0.4 is 5.46 Å². The van der Waals surface area contributed by atoms with Crippen molar-refractivity contribution in [2.24, 2.45) is 0 Å². The minimum absolute atomic E-state index is 0.171. The van der Waals surface area contributed by atoms with Crippen LogP contribution in [0.15, 0.2) is 36.4 Å². The first-order valence-corrected chi connectivity index (χ1v) is 9.04. The molecular weight excluding hydrogens is 345 g/mol. The average Bonchev–Trinajstić information content (AvgIpc) is 3.05. The summed E-state index contributed by atoms with van der Waals surface area (Å²) in [5.41, 5.74) is -0.987. The second kappa shape index (κ2) is 6.15. The van der Waals surface area contributed by atoms with Gasteiger partial charge in [0.1, 0.15) is 5.69 Å². The van der Waals surface area contributed by atoms with Crippen LogP contribution in [0.1, 0.15) is 38.2 Å². The summed E-state index contributed by atoms with van der Waals surface area (Å²) in [5, 5.41) is 0. The van der Waals surface area contributed by atoms with Crippen molar-refractivity contribution < 1.29 is 27.3 Å². The van der Waals surface area contributed by atoms with Crippen molar-refractivity contribution in [2.75, 3.05) is 7.11 Å². The Hall–Kier alpha value is -1.84. The molecule has 0 aromatic carbocycles. The van der Waals surface area contributed by atoms with E-state index in [0.717, 1.165) is 10.0 Å². The molecule has 1 aliphatic rings. The highest BCUT2D eigenvalue weighted by atomic mass is 32.2. The van der Waals surface area contributed by atoms with Crippen LogP contribution in [0.3, 0.4) is 0 Å². The van der Waals surface area contributed by atoms with Gasteiger partial charge in [-0.3, -0.25) is 0 Å². The third kappa shape index (κ3) is 3.19. The molecule has 1 saturated heterocycles. The fourth-order valence-electron chi connectivity index (χ4n) is 2.26. The van der Waals surface area contributed by atoms with Crippen LogP contribution in [-0.4, -0.2) is 43.8 Å². The van der Waals surface area contributed by atoms with Gasteiger partial charge < -0.3 is 14.0 Å². The molecule has 0 atom stereocenters. The van der Waals surface area contributed by atoms with E-state index < -0.39 is 34.3 Å². The zero-order chi connectivity index (χ0) is 19.2. The Labute approximate surface area is 148 Å². The summed E-state index contributed by atoms with van der Waals surface area (Å²) in [7, 11) is -3.70. The van der Waals surface area contributed by atoms with Gasteiger partial charge in [-0.1, -0.05) is 13.2 Å². The number of carbonyl (C=O) groups is 1. The van der Waals surface area contributed by atoms with Gasteiger partial charge in [-0.15, -0.1) is 0 Å². The normalized spacial score (nSPS) is 18.8. The third-order valence-corrected chi connectivity index (χ3v) is 6.19. The van der Waals surface area contributed by atoms with Crippen molar-refractivity contribution in [1.29, 1.82) is 0 Å². The van der Waals surface area contributed by atoms with E-state index in [-0.39, 0.29) is 10.6 Å². The van der Waals surface area contributed by atoms with Crippen molar-refractivity contribution in [3.05, 3.63) is 42.1 Å². The standard InChI is InChI=1S/C16H22BNO6S/c1-8-11(2)25(20,21)18-10-12(9-13(18)14(19)22-7)17-23-15(3,4)16(5,6)24-17/h8-10H,1-2H2,3-7H3. The van der Waals surface area contributed by atoms with Crippen molar-refractivity contribution in [2.45, 2.75) is 38.9 Å². The first kappa shape index (κ1) is 19.5. The van der Waals surface area contributed by atoms with E-state index in [1.165, 1.54) is 19.4 Å². The summed E-state index contributed by atoms with van der Waals surface area (Å²) in [5.74, 6) is -0.803. The third-order valence-electron chi connectivity index (χ3n) is 4.55. The molecule has 7 nitrogen and oxygen atoms in total. The van der Waals surface area contributed by atoms with E-state index in [9.17, 15) is 13.2 Å². The topological polar surface area (TPSA) is 83.8 Å². The minimum Gasteiger partial charge on any atom is -0.464 e. The van der Waals surface area contributed by atoms with E-state index in [1.807, 2.05) is 27.7 Å². The summed E-state index contributed by atoms with van der Waals surface area (Å²) < 4.78 is 42.5. The number of carbonyl (C=O) groups excluding carboxylic acids is 1. The summed E-state index contributed by atoms with van der Waals surface area (Å²) in [4.78, 5) is 11.8. The van der Waals surface area contributed by atoms with Crippen LogP contribution >= 0.6 is 0 Å². The molecule has 136 valence electrons. The summed E-state index contributed by atoms with van der Waals surface area (Å²) in [6, 6.07) is 1.38. The molecule has 1 aromatic rings. The van der Waals surface area contributed by atoms with Crippen LogP contribution in [0, 0.1) is 0 Å². The largest absolute Gasteiger partial charge is 0.496 e. The van der Waals surface area contributed by atoms with Gasteiger partial charge in [0, 0.05) is 11.7 Å². The predicted molar refractivity (Wildman–Crippen MR) is 95.1 cm³/mol. The molecular formula is C16H22BNO6S. The maximum absolute atomic E-state index is 12.6. The smallest absolute Gasteiger partial charge is 0.464 e. The van der Waals surface area contributed by atoms with Gasteiger partial charge >= 0.3 is 13.1 Å². The number of ether oxygens (including phenoxy) is 1. The second-order valence-corrected chi connectivity index (χ2v) is 8.58.